The molecule has 4 fully saturated rings. The normalized spacial score (nSPS) is 23.9. The number of aliphatic hydroxyl groups is 1. The number of halogens is 1. The van der Waals surface area contributed by atoms with E-state index in [1.807, 2.05) is 30.3 Å². The van der Waals surface area contributed by atoms with Gasteiger partial charge in [0.15, 0.2) is 5.82 Å². The second-order valence-electron chi connectivity index (χ2n) is 11.6. The number of nitrogens with zero attached hydrogens (tertiary/aromatic N) is 5. The maximum absolute atomic E-state index is 16.5. The van der Waals surface area contributed by atoms with Gasteiger partial charge in [-0.3, -0.25) is 4.90 Å². The average Bonchev–Trinajstić information content (AvgIpc) is 3.23. The van der Waals surface area contributed by atoms with Crippen LogP contribution in [0, 0.1) is 5.82 Å². The van der Waals surface area contributed by atoms with Gasteiger partial charge in [0.05, 0.1) is 6.10 Å². The quantitative estimate of drug-likeness (QED) is 0.374. The summed E-state index contributed by atoms with van der Waals surface area (Å²) in [4.78, 5) is 16.6. The van der Waals surface area contributed by atoms with E-state index in [1.54, 1.807) is 18.2 Å². The Morgan fingerprint density at radius 2 is 1.59 bits per heavy atom. The first-order valence-electron chi connectivity index (χ1n) is 13.9. The molecule has 0 aliphatic carbocycles. The Morgan fingerprint density at radius 3 is 2.36 bits per heavy atom. The van der Waals surface area contributed by atoms with Crippen LogP contribution in [0.2, 0.25) is 0 Å². The van der Waals surface area contributed by atoms with Gasteiger partial charge >= 0.3 is 0 Å². The van der Waals surface area contributed by atoms with Gasteiger partial charge in [-0.2, -0.15) is 4.98 Å². The molecule has 0 radical (unpaired) electrons. The zero-order valence-electron chi connectivity index (χ0n) is 21.6. The number of phenols is 1. The molecule has 200 valence electrons. The molecule has 0 spiro atoms. The highest BCUT2D eigenvalue weighted by atomic mass is 19.1. The highest BCUT2D eigenvalue weighted by molar-refractivity contribution is 6.01. The molecule has 0 amide bonds. The Hall–Kier alpha value is -3.53. The first-order chi connectivity index (χ1) is 19.0. The maximum atomic E-state index is 16.5. The lowest BCUT2D eigenvalue weighted by molar-refractivity contribution is -0.0313. The second kappa shape index (κ2) is 8.74. The number of benzene rings is 3. The number of anilines is 2. The van der Waals surface area contributed by atoms with Crippen LogP contribution < -0.4 is 15.1 Å². The van der Waals surface area contributed by atoms with E-state index in [-0.39, 0.29) is 11.9 Å². The molecule has 4 saturated heterocycles. The van der Waals surface area contributed by atoms with Crippen LogP contribution in [0.3, 0.4) is 0 Å². The van der Waals surface area contributed by atoms with Crippen molar-refractivity contribution in [2.24, 2.45) is 0 Å². The van der Waals surface area contributed by atoms with Crippen LogP contribution in [0.4, 0.5) is 16.2 Å². The summed E-state index contributed by atoms with van der Waals surface area (Å²) in [6.45, 7) is 4.64. The van der Waals surface area contributed by atoms with Crippen molar-refractivity contribution in [2.45, 2.75) is 37.1 Å². The fourth-order valence-electron chi connectivity index (χ4n) is 6.85. The van der Waals surface area contributed by atoms with Gasteiger partial charge in [0.1, 0.15) is 17.1 Å². The Labute approximate surface area is 225 Å². The first-order valence-corrected chi connectivity index (χ1v) is 13.9. The third kappa shape index (κ3) is 3.83. The number of hydrogen-bond acceptors (Lipinski definition) is 8. The number of aromatic nitrogens is 2. The predicted molar refractivity (Wildman–Crippen MR) is 150 cm³/mol. The first kappa shape index (κ1) is 23.4. The summed E-state index contributed by atoms with van der Waals surface area (Å²) in [5, 5.41) is 26.3. The van der Waals surface area contributed by atoms with Crippen molar-refractivity contribution in [3.05, 3.63) is 54.3 Å². The van der Waals surface area contributed by atoms with Gasteiger partial charge in [-0.25, -0.2) is 9.37 Å². The van der Waals surface area contributed by atoms with Crippen molar-refractivity contribution < 1.29 is 14.6 Å². The standard InChI is InChI=1S/C30H31FN6O2/c31-27-24(26-10-21(38)9-17-3-1-2-4-23(17)26)7-8-25-28(27)33-30(37-13-20(14-37)35-15-22(39)16-35)34-29(25)36-11-18-5-6-19(12-36)32-18/h1-4,7-10,18-20,22,32,38-39H,5-6,11-16H2. The lowest BCUT2D eigenvalue weighted by Crippen LogP contribution is -2.67. The van der Waals surface area contributed by atoms with Gasteiger partial charge in [0.2, 0.25) is 5.95 Å². The molecule has 0 saturated carbocycles. The van der Waals surface area contributed by atoms with E-state index in [1.165, 1.54) is 0 Å². The molecular formula is C30H31FN6O2. The fourth-order valence-corrected chi connectivity index (χ4v) is 6.85. The topological polar surface area (TPSA) is 88.0 Å². The molecule has 2 bridgehead atoms. The number of rotatable bonds is 4. The van der Waals surface area contributed by atoms with E-state index in [4.69, 9.17) is 9.97 Å². The van der Waals surface area contributed by atoms with Crippen LogP contribution in [0.1, 0.15) is 12.8 Å². The smallest absolute Gasteiger partial charge is 0.228 e. The summed E-state index contributed by atoms with van der Waals surface area (Å²) in [6.07, 6.45) is 2.07. The van der Waals surface area contributed by atoms with Gasteiger partial charge in [-0.15, -0.1) is 0 Å². The largest absolute Gasteiger partial charge is 0.508 e. The minimum Gasteiger partial charge on any atom is -0.508 e. The molecule has 2 atom stereocenters. The summed E-state index contributed by atoms with van der Waals surface area (Å²) in [7, 11) is 0. The molecule has 39 heavy (non-hydrogen) atoms. The summed E-state index contributed by atoms with van der Waals surface area (Å²) in [5.41, 5.74) is 1.38. The van der Waals surface area contributed by atoms with E-state index in [2.05, 4.69) is 20.0 Å². The Balaban J connectivity index is 1.25. The number of piperazine rings is 1. The van der Waals surface area contributed by atoms with Crippen LogP contribution in [0.25, 0.3) is 32.8 Å². The molecule has 8 nitrogen and oxygen atoms in total. The molecule has 4 aliphatic heterocycles. The molecular weight excluding hydrogens is 495 g/mol. The van der Waals surface area contributed by atoms with Crippen LogP contribution in [0.5, 0.6) is 5.75 Å². The van der Waals surface area contributed by atoms with E-state index < -0.39 is 5.82 Å². The summed E-state index contributed by atoms with van der Waals surface area (Å²) in [6, 6.07) is 16.0. The van der Waals surface area contributed by atoms with Crippen molar-refractivity contribution in [1.82, 2.24) is 20.2 Å². The molecule has 3 N–H and O–H groups in total. The summed E-state index contributed by atoms with van der Waals surface area (Å²) < 4.78 is 16.5. The van der Waals surface area contributed by atoms with E-state index in [0.29, 0.717) is 59.2 Å². The number of aliphatic hydroxyl groups excluding tert-OH is 1. The molecule has 5 heterocycles. The number of nitrogens with one attached hydrogen (secondary N) is 1. The van der Waals surface area contributed by atoms with Crippen LogP contribution >= 0.6 is 0 Å². The zero-order chi connectivity index (χ0) is 26.2. The highest BCUT2D eigenvalue weighted by Gasteiger charge is 2.40. The van der Waals surface area contributed by atoms with E-state index >= 15 is 4.39 Å². The maximum Gasteiger partial charge on any atom is 0.228 e. The van der Waals surface area contributed by atoms with Crippen molar-refractivity contribution in [2.75, 3.05) is 49.1 Å². The van der Waals surface area contributed by atoms with Gasteiger partial charge < -0.3 is 25.3 Å². The van der Waals surface area contributed by atoms with Crippen molar-refractivity contribution >= 4 is 33.4 Å². The molecule has 9 heteroatoms. The summed E-state index contributed by atoms with van der Waals surface area (Å²) in [5.74, 6) is 1.06. The number of hydrogen-bond donors (Lipinski definition) is 3. The lowest BCUT2D eigenvalue weighted by Gasteiger charge is -2.50. The van der Waals surface area contributed by atoms with Crippen LogP contribution in [0.15, 0.2) is 48.5 Å². The minimum atomic E-state index is -0.394. The van der Waals surface area contributed by atoms with Gasteiger partial charge in [0, 0.05) is 68.3 Å². The zero-order valence-corrected chi connectivity index (χ0v) is 21.6. The van der Waals surface area contributed by atoms with E-state index in [9.17, 15) is 10.2 Å². The van der Waals surface area contributed by atoms with Gasteiger partial charge in [0.25, 0.3) is 0 Å². The number of aromatic hydroxyl groups is 1. The Kier molecular flexibility index (Phi) is 5.24. The van der Waals surface area contributed by atoms with Crippen LogP contribution in [-0.4, -0.2) is 88.6 Å². The SMILES string of the molecule is Oc1cc(-c2ccc3c(N4CC5CCC(C4)N5)nc(N4CC(N5CC(O)C5)C4)nc3c2F)c2ccccc2c1. The molecule has 1 aromatic heterocycles. The minimum absolute atomic E-state index is 0.103. The monoisotopic (exact) mass is 526 g/mol. The van der Waals surface area contributed by atoms with Gasteiger partial charge in [-0.05, 0) is 47.4 Å². The third-order valence-electron chi connectivity index (χ3n) is 8.98. The van der Waals surface area contributed by atoms with Crippen molar-refractivity contribution in [1.29, 1.82) is 0 Å². The molecule has 4 aromatic rings. The lowest BCUT2D eigenvalue weighted by atomic mass is 9.96. The fraction of sp³-hybridized carbons (Fsp3) is 0.400. The molecule has 4 aliphatic rings. The number of phenolic OH excluding ortho intramolecular Hbond substituents is 1. The second-order valence-corrected chi connectivity index (χ2v) is 11.6. The average molecular weight is 527 g/mol. The molecule has 3 aromatic carbocycles. The Morgan fingerprint density at radius 1 is 0.821 bits per heavy atom. The third-order valence-corrected chi connectivity index (χ3v) is 8.98. The van der Waals surface area contributed by atoms with E-state index in [0.717, 1.165) is 55.6 Å². The number of fused-ring (bicyclic) bond motifs is 4. The number of likely N-dealkylation sites (tertiary alicyclic amines) is 1. The molecule has 8 rings (SSSR count). The Bertz CT molecular complexity index is 1590. The predicted octanol–water partition coefficient (Wildman–Crippen LogP) is 3.10. The highest BCUT2D eigenvalue weighted by Crippen LogP contribution is 2.39. The van der Waals surface area contributed by atoms with Crippen LogP contribution in [-0.2, 0) is 0 Å². The van der Waals surface area contributed by atoms with Gasteiger partial charge in [-0.1, -0.05) is 30.3 Å². The molecule has 2 unspecified atom stereocenters. The number of β-amino-alcohol motifs (C(OH)–C–C–N with tert-alkyl or cyclic N) is 1. The summed E-state index contributed by atoms with van der Waals surface area (Å²) >= 11 is 0. The van der Waals surface area contributed by atoms with Crippen molar-refractivity contribution in [3.63, 3.8) is 0 Å². The van der Waals surface area contributed by atoms with Crippen molar-refractivity contribution in [3.8, 4) is 16.9 Å².